The summed E-state index contributed by atoms with van der Waals surface area (Å²) in [5.41, 5.74) is 2.08. The topological polar surface area (TPSA) is 73.9 Å². The van der Waals surface area contributed by atoms with E-state index < -0.39 is 0 Å². The molecule has 2 amide bonds. The molecule has 1 aliphatic rings. The molecule has 0 spiro atoms. The number of carbonyl (C=O) groups excluding carboxylic acids is 1. The van der Waals surface area contributed by atoms with Gasteiger partial charge in [0.15, 0.2) is 5.13 Å². The zero-order valence-corrected chi connectivity index (χ0v) is 13.3. The molecule has 0 radical (unpaired) electrons. The molecule has 0 aliphatic carbocycles. The average molecular weight is 327 g/mol. The van der Waals surface area contributed by atoms with Crippen molar-refractivity contribution in [3.8, 4) is 0 Å². The molecule has 1 aliphatic heterocycles. The van der Waals surface area contributed by atoms with Crippen molar-refractivity contribution in [2.24, 2.45) is 0 Å². The number of para-hydroxylation sites is 2. The first-order valence-electron chi connectivity index (χ1n) is 7.69. The standard InChI is InChI=1S/C16H17N5OS/c22-16(20-15-17-7-10-23-15)21-8-5-11(6-9-21)14-18-12-3-1-2-4-13(12)19-14/h1-4,7,10-11H,5-6,8-9H2,(H,18,19)(H,17,20,22). The van der Waals surface area contributed by atoms with Crippen molar-refractivity contribution in [1.82, 2.24) is 19.9 Å². The van der Waals surface area contributed by atoms with Crippen LogP contribution in [0, 0.1) is 0 Å². The van der Waals surface area contributed by atoms with Crippen LogP contribution in [0.25, 0.3) is 11.0 Å². The number of aromatic nitrogens is 3. The Kier molecular flexibility index (Phi) is 3.70. The van der Waals surface area contributed by atoms with E-state index in [0.717, 1.165) is 42.8 Å². The first kappa shape index (κ1) is 14.2. The molecule has 1 saturated heterocycles. The summed E-state index contributed by atoms with van der Waals surface area (Å²) in [6.45, 7) is 1.47. The minimum Gasteiger partial charge on any atom is -0.342 e. The molecule has 0 unspecified atom stereocenters. The number of hydrogen-bond acceptors (Lipinski definition) is 4. The number of H-pyrrole nitrogens is 1. The van der Waals surface area contributed by atoms with Crippen LogP contribution in [0.3, 0.4) is 0 Å². The van der Waals surface area contributed by atoms with E-state index in [-0.39, 0.29) is 6.03 Å². The number of thiazole rings is 1. The molecular weight excluding hydrogens is 310 g/mol. The number of fused-ring (bicyclic) bond motifs is 1. The first-order valence-corrected chi connectivity index (χ1v) is 8.57. The summed E-state index contributed by atoms with van der Waals surface area (Å²) in [4.78, 5) is 26.2. The van der Waals surface area contributed by atoms with Crippen LogP contribution in [-0.4, -0.2) is 39.0 Å². The quantitative estimate of drug-likeness (QED) is 0.757. The lowest BCUT2D eigenvalue weighted by Crippen LogP contribution is -2.40. The Labute approximate surface area is 137 Å². The monoisotopic (exact) mass is 327 g/mol. The normalized spacial score (nSPS) is 15.9. The second kappa shape index (κ2) is 6.00. The second-order valence-corrected chi connectivity index (χ2v) is 6.56. The molecule has 0 atom stereocenters. The number of rotatable bonds is 2. The highest BCUT2D eigenvalue weighted by atomic mass is 32.1. The van der Waals surface area contributed by atoms with Crippen molar-refractivity contribution in [3.63, 3.8) is 0 Å². The van der Waals surface area contributed by atoms with Gasteiger partial charge in [0.1, 0.15) is 5.82 Å². The van der Waals surface area contributed by atoms with Gasteiger partial charge in [-0.25, -0.2) is 14.8 Å². The zero-order chi connectivity index (χ0) is 15.6. The molecule has 7 heteroatoms. The Bertz CT molecular complexity index is 772. The number of aromatic amines is 1. The van der Waals surface area contributed by atoms with Gasteiger partial charge < -0.3 is 9.88 Å². The van der Waals surface area contributed by atoms with E-state index in [9.17, 15) is 4.79 Å². The fourth-order valence-corrected chi connectivity index (χ4v) is 3.50. The summed E-state index contributed by atoms with van der Waals surface area (Å²) >= 11 is 1.43. The highest BCUT2D eigenvalue weighted by Gasteiger charge is 2.26. The highest BCUT2D eigenvalue weighted by Crippen LogP contribution is 2.28. The van der Waals surface area contributed by atoms with Crippen LogP contribution in [0.5, 0.6) is 0 Å². The number of piperidine rings is 1. The Balaban J connectivity index is 1.39. The lowest BCUT2D eigenvalue weighted by atomic mass is 9.96. The van der Waals surface area contributed by atoms with Gasteiger partial charge in [0, 0.05) is 30.6 Å². The van der Waals surface area contributed by atoms with Gasteiger partial charge in [-0.05, 0) is 25.0 Å². The minimum absolute atomic E-state index is 0.0667. The number of urea groups is 1. The van der Waals surface area contributed by atoms with E-state index in [0.29, 0.717) is 11.0 Å². The van der Waals surface area contributed by atoms with Crippen molar-refractivity contribution in [2.45, 2.75) is 18.8 Å². The van der Waals surface area contributed by atoms with Crippen molar-refractivity contribution in [2.75, 3.05) is 18.4 Å². The second-order valence-electron chi connectivity index (χ2n) is 5.67. The fraction of sp³-hybridized carbons (Fsp3) is 0.312. The van der Waals surface area contributed by atoms with Gasteiger partial charge in [0.2, 0.25) is 0 Å². The Morgan fingerprint density at radius 1 is 1.30 bits per heavy atom. The highest BCUT2D eigenvalue weighted by molar-refractivity contribution is 7.13. The fourth-order valence-electron chi connectivity index (χ4n) is 2.98. The summed E-state index contributed by atoms with van der Waals surface area (Å²) in [6.07, 6.45) is 3.53. The Morgan fingerprint density at radius 2 is 2.13 bits per heavy atom. The van der Waals surface area contributed by atoms with Gasteiger partial charge in [-0.1, -0.05) is 12.1 Å². The smallest absolute Gasteiger partial charge is 0.323 e. The van der Waals surface area contributed by atoms with Gasteiger partial charge in [-0.3, -0.25) is 5.32 Å². The van der Waals surface area contributed by atoms with Gasteiger partial charge >= 0.3 is 6.03 Å². The predicted molar refractivity (Wildman–Crippen MR) is 90.8 cm³/mol. The van der Waals surface area contributed by atoms with Crippen molar-refractivity contribution in [3.05, 3.63) is 41.7 Å². The number of amides is 2. The summed E-state index contributed by atoms with van der Waals surface area (Å²) in [5, 5.41) is 5.34. The van der Waals surface area contributed by atoms with E-state index in [1.165, 1.54) is 11.3 Å². The number of likely N-dealkylation sites (tertiary alicyclic amines) is 1. The summed E-state index contributed by atoms with van der Waals surface area (Å²) in [6, 6.07) is 8.01. The maximum Gasteiger partial charge on any atom is 0.323 e. The molecule has 3 heterocycles. The van der Waals surface area contributed by atoms with Crippen LogP contribution in [0.4, 0.5) is 9.93 Å². The number of nitrogens with one attached hydrogen (secondary N) is 2. The molecular formula is C16H17N5OS. The third kappa shape index (κ3) is 2.92. The molecule has 1 fully saturated rings. The maximum absolute atomic E-state index is 12.2. The molecule has 6 nitrogen and oxygen atoms in total. The van der Waals surface area contributed by atoms with Crippen LogP contribution in [0.1, 0.15) is 24.6 Å². The number of carbonyl (C=O) groups is 1. The molecule has 3 aromatic rings. The third-order valence-electron chi connectivity index (χ3n) is 4.22. The Hall–Kier alpha value is -2.41. The van der Waals surface area contributed by atoms with E-state index in [1.807, 2.05) is 34.5 Å². The van der Waals surface area contributed by atoms with Crippen LogP contribution >= 0.6 is 11.3 Å². The van der Waals surface area contributed by atoms with E-state index in [2.05, 4.69) is 20.3 Å². The zero-order valence-electron chi connectivity index (χ0n) is 12.5. The van der Waals surface area contributed by atoms with Crippen LogP contribution in [-0.2, 0) is 0 Å². The van der Waals surface area contributed by atoms with Crippen LogP contribution in [0.2, 0.25) is 0 Å². The van der Waals surface area contributed by atoms with Crippen LogP contribution < -0.4 is 5.32 Å². The molecule has 2 N–H and O–H groups in total. The van der Waals surface area contributed by atoms with Gasteiger partial charge in [0.25, 0.3) is 0 Å². The lowest BCUT2D eigenvalue weighted by molar-refractivity contribution is 0.193. The number of imidazole rings is 1. The Morgan fingerprint density at radius 3 is 2.87 bits per heavy atom. The number of benzene rings is 1. The van der Waals surface area contributed by atoms with Crippen molar-refractivity contribution < 1.29 is 4.79 Å². The molecule has 23 heavy (non-hydrogen) atoms. The average Bonchev–Trinajstić information content (AvgIpc) is 3.24. The lowest BCUT2D eigenvalue weighted by Gasteiger charge is -2.30. The molecule has 2 aromatic heterocycles. The first-order chi connectivity index (χ1) is 11.3. The molecule has 1 aromatic carbocycles. The molecule has 4 rings (SSSR count). The molecule has 0 saturated carbocycles. The number of anilines is 1. The summed E-state index contributed by atoms with van der Waals surface area (Å²) in [7, 11) is 0. The van der Waals surface area contributed by atoms with Gasteiger partial charge in [-0.2, -0.15) is 0 Å². The van der Waals surface area contributed by atoms with E-state index >= 15 is 0 Å². The summed E-state index contributed by atoms with van der Waals surface area (Å²) in [5.74, 6) is 1.41. The molecule has 118 valence electrons. The van der Waals surface area contributed by atoms with Crippen LogP contribution in [0.15, 0.2) is 35.8 Å². The largest absolute Gasteiger partial charge is 0.342 e. The number of nitrogens with zero attached hydrogens (tertiary/aromatic N) is 3. The minimum atomic E-state index is -0.0667. The van der Waals surface area contributed by atoms with Crippen molar-refractivity contribution in [1.29, 1.82) is 0 Å². The van der Waals surface area contributed by atoms with Gasteiger partial charge in [0.05, 0.1) is 11.0 Å². The SMILES string of the molecule is O=C(Nc1nccs1)N1CCC(c2nc3ccccc3[nH]2)CC1. The van der Waals surface area contributed by atoms with E-state index in [1.54, 1.807) is 6.20 Å². The van der Waals surface area contributed by atoms with Crippen molar-refractivity contribution >= 4 is 33.5 Å². The van der Waals surface area contributed by atoms with E-state index in [4.69, 9.17) is 0 Å². The third-order valence-corrected chi connectivity index (χ3v) is 4.91. The van der Waals surface area contributed by atoms with Gasteiger partial charge in [-0.15, -0.1) is 11.3 Å². The molecule has 0 bridgehead atoms. The summed E-state index contributed by atoms with van der Waals surface area (Å²) < 4.78 is 0. The maximum atomic E-state index is 12.2. The predicted octanol–water partition coefficient (Wildman–Crippen LogP) is 3.43. The number of hydrogen-bond donors (Lipinski definition) is 2.